The van der Waals surface area contributed by atoms with E-state index in [2.05, 4.69) is 10.3 Å². The Bertz CT molecular complexity index is 1160. The summed E-state index contributed by atoms with van der Waals surface area (Å²) >= 11 is 0. The lowest BCUT2D eigenvalue weighted by Gasteiger charge is -2.16. The number of anilines is 1. The van der Waals surface area contributed by atoms with Crippen molar-refractivity contribution in [1.29, 1.82) is 0 Å². The molecule has 1 amide bonds. The molecule has 3 rings (SSSR count). The SMILES string of the molecule is COc1cc(F)ccc1-c1ccc(C(F)(F)F)cc1C(=O)Nc1ccnc(C(C)=O)c1. The summed E-state index contributed by atoms with van der Waals surface area (Å²) in [5.74, 6) is -1.75. The summed E-state index contributed by atoms with van der Waals surface area (Å²) in [6, 6.07) is 8.86. The lowest BCUT2D eigenvalue weighted by Crippen LogP contribution is -2.16. The van der Waals surface area contributed by atoms with Crippen LogP contribution in [-0.2, 0) is 6.18 Å². The summed E-state index contributed by atoms with van der Waals surface area (Å²) in [6.45, 7) is 1.29. The van der Waals surface area contributed by atoms with Gasteiger partial charge in [0.05, 0.1) is 12.7 Å². The first-order valence-electron chi connectivity index (χ1n) is 8.93. The van der Waals surface area contributed by atoms with E-state index < -0.39 is 23.5 Å². The lowest BCUT2D eigenvalue weighted by molar-refractivity contribution is -0.137. The average Bonchev–Trinajstić information content (AvgIpc) is 2.72. The number of carbonyl (C=O) groups excluding carboxylic acids is 2. The van der Waals surface area contributed by atoms with E-state index >= 15 is 0 Å². The molecular weight excluding hydrogens is 416 g/mol. The number of Topliss-reactive ketones (excluding diaryl/α,β-unsaturated/α-hetero) is 1. The minimum Gasteiger partial charge on any atom is -0.496 e. The summed E-state index contributed by atoms with van der Waals surface area (Å²) < 4.78 is 58.6. The number of methoxy groups -OCH3 is 1. The molecular formula is C22H16F4N2O3. The standard InChI is InChI=1S/C22H16F4N2O3/c1-12(29)19-11-15(7-8-27-19)28-21(30)18-9-13(22(24,25)26)3-5-16(18)17-6-4-14(23)10-20(17)31-2/h3-11H,1-2H3,(H,27,28,30). The monoisotopic (exact) mass is 432 g/mol. The fraction of sp³-hybridized carbons (Fsp3) is 0.136. The van der Waals surface area contributed by atoms with Crippen LogP contribution in [0.4, 0.5) is 23.2 Å². The lowest BCUT2D eigenvalue weighted by atomic mass is 9.95. The smallest absolute Gasteiger partial charge is 0.416 e. The molecule has 160 valence electrons. The Balaban J connectivity index is 2.11. The molecule has 0 saturated heterocycles. The van der Waals surface area contributed by atoms with Gasteiger partial charge in [0.1, 0.15) is 17.3 Å². The first-order valence-corrected chi connectivity index (χ1v) is 8.93. The first-order chi connectivity index (χ1) is 14.6. The molecule has 1 heterocycles. The fourth-order valence-electron chi connectivity index (χ4n) is 2.93. The maximum absolute atomic E-state index is 13.6. The van der Waals surface area contributed by atoms with Gasteiger partial charge in [-0.25, -0.2) is 4.39 Å². The maximum Gasteiger partial charge on any atom is 0.416 e. The normalized spacial score (nSPS) is 11.2. The van der Waals surface area contributed by atoms with E-state index in [1.54, 1.807) is 0 Å². The van der Waals surface area contributed by atoms with Crippen LogP contribution < -0.4 is 10.1 Å². The van der Waals surface area contributed by atoms with Crippen molar-refractivity contribution in [2.45, 2.75) is 13.1 Å². The number of hydrogen-bond donors (Lipinski definition) is 1. The second-order valence-corrected chi connectivity index (χ2v) is 6.54. The van der Waals surface area contributed by atoms with Crippen molar-refractivity contribution in [3.8, 4) is 16.9 Å². The molecule has 0 unspecified atom stereocenters. The molecule has 0 atom stereocenters. The zero-order chi connectivity index (χ0) is 22.8. The number of ether oxygens (including phenoxy) is 1. The molecule has 2 aromatic carbocycles. The molecule has 0 aliphatic rings. The predicted molar refractivity (Wildman–Crippen MR) is 106 cm³/mol. The Morgan fingerprint density at radius 1 is 1.00 bits per heavy atom. The van der Waals surface area contributed by atoms with Crippen LogP contribution in [0.3, 0.4) is 0 Å². The maximum atomic E-state index is 13.6. The minimum atomic E-state index is -4.68. The van der Waals surface area contributed by atoms with Gasteiger partial charge in [-0.3, -0.25) is 14.6 Å². The van der Waals surface area contributed by atoms with Gasteiger partial charge in [-0.1, -0.05) is 6.07 Å². The van der Waals surface area contributed by atoms with Crippen molar-refractivity contribution in [2.75, 3.05) is 12.4 Å². The topological polar surface area (TPSA) is 68.3 Å². The summed E-state index contributed by atoms with van der Waals surface area (Å²) in [4.78, 5) is 28.3. The van der Waals surface area contributed by atoms with Gasteiger partial charge < -0.3 is 10.1 Å². The number of aromatic nitrogens is 1. The number of carbonyl (C=O) groups is 2. The third-order valence-electron chi connectivity index (χ3n) is 4.42. The molecule has 1 N–H and O–H groups in total. The minimum absolute atomic E-state index is 0.0524. The van der Waals surface area contributed by atoms with E-state index in [1.165, 1.54) is 38.4 Å². The molecule has 0 bridgehead atoms. The molecule has 0 aliphatic heterocycles. The van der Waals surface area contributed by atoms with Crippen molar-refractivity contribution in [2.24, 2.45) is 0 Å². The van der Waals surface area contributed by atoms with E-state index in [4.69, 9.17) is 4.74 Å². The number of benzene rings is 2. The molecule has 5 nitrogen and oxygen atoms in total. The van der Waals surface area contributed by atoms with Crippen LogP contribution in [0, 0.1) is 5.82 Å². The van der Waals surface area contributed by atoms with Crippen LogP contribution >= 0.6 is 0 Å². The molecule has 31 heavy (non-hydrogen) atoms. The largest absolute Gasteiger partial charge is 0.496 e. The highest BCUT2D eigenvalue weighted by atomic mass is 19.4. The molecule has 0 aliphatic carbocycles. The number of nitrogens with one attached hydrogen (secondary N) is 1. The van der Waals surface area contributed by atoms with Crippen molar-refractivity contribution < 1.29 is 31.9 Å². The Kier molecular flexibility index (Phi) is 6.05. The summed E-state index contributed by atoms with van der Waals surface area (Å²) in [7, 11) is 1.28. The molecule has 0 spiro atoms. The van der Waals surface area contributed by atoms with Gasteiger partial charge in [0.2, 0.25) is 0 Å². The van der Waals surface area contributed by atoms with Crippen LogP contribution in [-0.4, -0.2) is 23.8 Å². The number of rotatable bonds is 5. The van der Waals surface area contributed by atoms with Gasteiger partial charge in [-0.15, -0.1) is 0 Å². The average molecular weight is 432 g/mol. The van der Waals surface area contributed by atoms with Gasteiger partial charge in [0.25, 0.3) is 5.91 Å². The number of amides is 1. The van der Waals surface area contributed by atoms with Gasteiger partial charge >= 0.3 is 6.18 Å². The number of nitrogens with zero attached hydrogens (tertiary/aromatic N) is 1. The van der Waals surface area contributed by atoms with Crippen molar-refractivity contribution in [3.63, 3.8) is 0 Å². The Labute approximate surface area is 174 Å². The highest BCUT2D eigenvalue weighted by Gasteiger charge is 2.32. The fourth-order valence-corrected chi connectivity index (χ4v) is 2.93. The Hall–Kier alpha value is -3.75. The van der Waals surface area contributed by atoms with Crippen LogP contribution in [0.1, 0.15) is 33.3 Å². The van der Waals surface area contributed by atoms with Crippen LogP contribution in [0.25, 0.3) is 11.1 Å². The Morgan fingerprint density at radius 3 is 2.35 bits per heavy atom. The van der Waals surface area contributed by atoms with Crippen molar-refractivity contribution >= 4 is 17.4 Å². The van der Waals surface area contributed by atoms with E-state index in [9.17, 15) is 27.2 Å². The van der Waals surface area contributed by atoms with Gasteiger partial charge in [0.15, 0.2) is 5.78 Å². The quantitative estimate of drug-likeness (QED) is 0.435. The van der Waals surface area contributed by atoms with E-state index in [-0.39, 0.29) is 39.6 Å². The predicted octanol–water partition coefficient (Wildman–Crippen LogP) is 5.37. The Morgan fingerprint density at radius 2 is 1.71 bits per heavy atom. The number of hydrogen-bond acceptors (Lipinski definition) is 4. The third kappa shape index (κ3) is 4.88. The zero-order valence-electron chi connectivity index (χ0n) is 16.4. The number of alkyl halides is 3. The first kappa shape index (κ1) is 21.9. The summed E-state index contributed by atoms with van der Waals surface area (Å²) in [6.07, 6.45) is -3.39. The van der Waals surface area contributed by atoms with Gasteiger partial charge in [-0.2, -0.15) is 13.2 Å². The molecule has 0 saturated carbocycles. The number of ketones is 1. The van der Waals surface area contributed by atoms with Crippen LogP contribution in [0.2, 0.25) is 0 Å². The number of halogens is 4. The van der Waals surface area contributed by atoms with E-state index in [0.29, 0.717) is 6.07 Å². The molecule has 3 aromatic rings. The number of pyridine rings is 1. The highest BCUT2D eigenvalue weighted by molar-refractivity contribution is 6.09. The van der Waals surface area contributed by atoms with Crippen molar-refractivity contribution in [1.82, 2.24) is 4.98 Å². The van der Waals surface area contributed by atoms with Crippen LogP contribution in [0.5, 0.6) is 5.75 Å². The molecule has 0 fully saturated rings. The van der Waals surface area contributed by atoms with Gasteiger partial charge in [0, 0.05) is 36.0 Å². The summed E-state index contributed by atoms with van der Waals surface area (Å²) in [5.41, 5.74) is -0.713. The molecule has 9 heteroatoms. The second-order valence-electron chi connectivity index (χ2n) is 6.54. The zero-order valence-corrected chi connectivity index (χ0v) is 16.4. The summed E-state index contributed by atoms with van der Waals surface area (Å²) in [5, 5.41) is 2.48. The third-order valence-corrected chi connectivity index (χ3v) is 4.42. The van der Waals surface area contributed by atoms with E-state index in [1.807, 2.05) is 0 Å². The second kappa shape index (κ2) is 8.55. The van der Waals surface area contributed by atoms with Gasteiger partial charge in [-0.05, 0) is 42.0 Å². The highest BCUT2D eigenvalue weighted by Crippen LogP contribution is 2.37. The molecule has 1 aromatic heterocycles. The van der Waals surface area contributed by atoms with Crippen molar-refractivity contribution in [3.05, 3.63) is 77.4 Å². The molecule has 0 radical (unpaired) electrons. The van der Waals surface area contributed by atoms with Crippen LogP contribution in [0.15, 0.2) is 54.7 Å². The van der Waals surface area contributed by atoms with E-state index in [0.717, 1.165) is 24.3 Å².